The SMILES string of the molecule is Cc1c(S(=O)(=O)NC2CCCCCC2C)c(N)nn1C. The third kappa shape index (κ3) is 2.98. The van der Waals surface area contributed by atoms with Crippen molar-refractivity contribution in [3.05, 3.63) is 5.69 Å². The van der Waals surface area contributed by atoms with Gasteiger partial charge in [-0.1, -0.05) is 26.2 Å². The molecule has 20 heavy (non-hydrogen) atoms. The summed E-state index contributed by atoms with van der Waals surface area (Å²) in [4.78, 5) is 0.122. The van der Waals surface area contributed by atoms with Crippen LogP contribution in [-0.2, 0) is 17.1 Å². The average Bonchev–Trinajstić information content (AvgIpc) is 2.50. The van der Waals surface area contributed by atoms with E-state index in [-0.39, 0.29) is 16.8 Å². The quantitative estimate of drug-likeness (QED) is 0.829. The fourth-order valence-corrected chi connectivity index (χ4v) is 4.58. The topological polar surface area (TPSA) is 90.0 Å². The first-order chi connectivity index (χ1) is 9.33. The zero-order chi connectivity index (χ0) is 14.9. The monoisotopic (exact) mass is 300 g/mol. The van der Waals surface area contributed by atoms with Gasteiger partial charge in [0.1, 0.15) is 4.90 Å². The van der Waals surface area contributed by atoms with Crippen LogP contribution in [0.5, 0.6) is 0 Å². The van der Waals surface area contributed by atoms with Crippen molar-refractivity contribution in [3.8, 4) is 0 Å². The molecule has 6 nitrogen and oxygen atoms in total. The number of nitrogens with zero attached hydrogens (tertiary/aromatic N) is 2. The van der Waals surface area contributed by atoms with Gasteiger partial charge in [0.25, 0.3) is 0 Å². The first-order valence-corrected chi connectivity index (χ1v) is 8.62. The Morgan fingerprint density at radius 1 is 1.30 bits per heavy atom. The molecule has 114 valence electrons. The Labute approximate surface area is 120 Å². The molecule has 1 aliphatic rings. The Bertz CT molecular complexity index is 579. The summed E-state index contributed by atoms with van der Waals surface area (Å²) in [6.45, 7) is 3.83. The molecule has 2 rings (SSSR count). The lowest BCUT2D eigenvalue weighted by molar-refractivity contribution is 0.399. The molecule has 2 unspecified atom stereocenters. The van der Waals surface area contributed by atoms with Crippen LogP contribution in [0.4, 0.5) is 5.82 Å². The van der Waals surface area contributed by atoms with Gasteiger partial charge in [-0.05, 0) is 25.7 Å². The number of rotatable bonds is 3. The summed E-state index contributed by atoms with van der Waals surface area (Å²) in [5, 5.41) is 3.98. The highest BCUT2D eigenvalue weighted by Crippen LogP contribution is 2.26. The number of hydrogen-bond acceptors (Lipinski definition) is 4. The van der Waals surface area contributed by atoms with E-state index in [9.17, 15) is 8.42 Å². The Morgan fingerprint density at radius 2 is 1.95 bits per heavy atom. The average molecular weight is 300 g/mol. The zero-order valence-corrected chi connectivity index (χ0v) is 13.2. The number of nitrogen functional groups attached to an aromatic ring is 1. The fraction of sp³-hybridized carbons (Fsp3) is 0.769. The van der Waals surface area contributed by atoms with E-state index in [1.807, 2.05) is 0 Å². The molecule has 7 heteroatoms. The van der Waals surface area contributed by atoms with Crippen LogP contribution in [0.25, 0.3) is 0 Å². The number of aromatic nitrogens is 2. The fourth-order valence-electron chi connectivity index (χ4n) is 2.87. The molecule has 3 N–H and O–H groups in total. The van der Waals surface area contributed by atoms with Crippen molar-refractivity contribution in [1.82, 2.24) is 14.5 Å². The molecule has 0 aliphatic heterocycles. The minimum absolute atomic E-state index is 0.0125. The van der Waals surface area contributed by atoms with Crippen LogP contribution in [0, 0.1) is 12.8 Å². The Kier molecular flexibility index (Phi) is 4.39. The summed E-state index contributed by atoms with van der Waals surface area (Å²) in [6.07, 6.45) is 5.37. The van der Waals surface area contributed by atoms with Crippen molar-refractivity contribution in [2.75, 3.05) is 5.73 Å². The van der Waals surface area contributed by atoms with Gasteiger partial charge in [-0.25, -0.2) is 13.1 Å². The number of aryl methyl sites for hydroxylation is 1. The van der Waals surface area contributed by atoms with Crippen molar-refractivity contribution < 1.29 is 8.42 Å². The molecule has 2 atom stereocenters. The van der Waals surface area contributed by atoms with Crippen LogP contribution in [0.3, 0.4) is 0 Å². The van der Waals surface area contributed by atoms with E-state index in [0.717, 1.165) is 19.3 Å². The highest BCUT2D eigenvalue weighted by molar-refractivity contribution is 7.89. The Balaban J connectivity index is 2.26. The van der Waals surface area contributed by atoms with E-state index in [1.165, 1.54) is 17.5 Å². The molecule has 1 fully saturated rings. The highest BCUT2D eigenvalue weighted by Gasteiger charge is 2.30. The standard InChI is InChI=1S/C13H24N4O2S/c1-9-7-5-4-6-8-11(9)16-20(18,19)12-10(2)17(3)15-13(12)14/h9,11,16H,4-8H2,1-3H3,(H2,14,15). The van der Waals surface area contributed by atoms with E-state index in [0.29, 0.717) is 11.6 Å². The second kappa shape index (κ2) is 5.73. The Morgan fingerprint density at radius 3 is 2.55 bits per heavy atom. The molecule has 1 aliphatic carbocycles. The summed E-state index contributed by atoms with van der Waals surface area (Å²) < 4.78 is 29.5. The lowest BCUT2D eigenvalue weighted by Crippen LogP contribution is -2.39. The van der Waals surface area contributed by atoms with Gasteiger partial charge in [-0.3, -0.25) is 4.68 Å². The minimum atomic E-state index is -3.61. The van der Waals surface area contributed by atoms with Crippen LogP contribution < -0.4 is 10.5 Å². The van der Waals surface area contributed by atoms with Crippen molar-refractivity contribution >= 4 is 15.8 Å². The Hall–Kier alpha value is -1.08. The van der Waals surface area contributed by atoms with E-state index >= 15 is 0 Å². The zero-order valence-electron chi connectivity index (χ0n) is 12.4. The van der Waals surface area contributed by atoms with Crippen molar-refractivity contribution in [1.29, 1.82) is 0 Å². The summed E-state index contributed by atoms with van der Waals surface area (Å²) in [5.74, 6) is 0.421. The molecule has 1 saturated carbocycles. The van der Waals surface area contributed by atoms with Crippen molar-refractivity contribution in [3.63, 3.8) is 0 Å². The lowest BCUT2D eigenvalue weighted by Gasteiger charge is -2.22. The number of anilines is 1. The number of nitrogens with one attached hydrogen (secondary N) is 1. The molecule has 0 bridgehead atoms. The maximum absolute atomic E-state index is 12.6. The molecule has 0 spiro atoms. The predicted molar refractivity (Wildman–Crippen MR) is 78.7 cm³/mol. The van der Waals surface area contributed by atoms with Gasteiger partial charge in [0, 0.05) is 13.1 Å². The van der Waals surface area contributed by atoms with Gasteiger partial charge in [0.05, 0.1) is 5.69 Å². The molecule has 0 saturated heterocycles. The molecule has 0 amide bonds. The molecular formula is C13H24N4O2S. The number of hydrogen-bond donors (Lipinski definition) is 2. The lowest BCUT2D eigenvalue weighted by atomic mass is 9.98. The molecule has 0 radical (unpaired) electrons. The summed E-state index contributed by atoms with van der Waals surface area (Å²) >= 11 is 0. The first kappa shape index (κ1) is 15.3. The normalized spacial score (nSPS) is 24.6. The summed E-state index contributed by atoms with van der Waals surface area (Å²) in [7, 11) is -1.91. The van der Waals surface area contributed by atoms with Crippen LogP contribution in [0.15, 0.2) is 4.90 Å². The molecule has 1 heterocycles. The van der Waals surface area contributed by atoms with E-state index < -0.39 is 10.0 Å². The van der Waals surface area contributed by atoms with Crippen LogP contribution in [-0.4, -0.2) is 24.2 Å². The molecule has 1 aromatic heterocycles. The van der Waals surface area contributed by atoms with Crippen molar-refractivity contribution in [2.24, 2.45) is 13.0 Å². The van der Waals surface area contributed by atoms with Gasteiger partial charge in [-0.15, -0.1) is 0 Å². The van der Waals surface area contributed by atoms with Crippen LogP contribution in [0.2, 0.25) is 0 Å². The van der Waals surface area contributed by atoms with Gasteiger partial charge in [0.15, 0.2) is 5.82 Å². The van der Waals surface area contributed by atoms with Crippen LogP contribution >= 0.6 is 0 Å². The van der Waals surface area contributed by atoms with Gasteiger partial charge in [-0.2, -0.15) is 5.10 Å². The second-order valence-corrected chi connectivity index (χ2v) is 7.42. The molecule has 1 aromatic rings. The summed E-state index contributed by atoms with van der Waals surface area (Å²) in [5.41, 5.74) is 6.31. The van der Waals surface area contributed by atoms with Crippen molar-refractivity contribution in [2.45, 2.75) is 56.9 Å². The predicted octanol–water partition coefficient (Wildman–Crippen LogP) is 1.56. The third-order valence-electron chi connectivity index (χ3n) is 4.24. The maximum Gasteiger partial charge on any atom is 0.246 e. The van der Waals surface area contributed by atoms with E-state index in [2.05, 4.69) is 16.7 Å². The number of nitrogens with two attached hydrogens (primary N) is 1. The largest absolute Gasteiger partial charge is 0.381 e. The smallest absolute Gasteiger partial charge is 0.246 e. The summed E-state index contributed by atoms with van der Waals surface area (Å²) in [6, 6.07) is -0.0125. The van der Waals surface area contributed by atoms with Gasteiger partial charge < -0.3 is 5.73 Å². The second-order valence-electron chi connectivity index (χ2n) is 5.77. The van der Waals surface area contributed by atoms with E-state index in [1.54, 1.807) is 14.0 Å². The van der Waals surface area contributed by atoms with E-state index in [4.69, 9.17) is 5.73 Å². The first-order valence-electron chi connectivity index (χ1n) is 7.14. The van der Waals surface area contributed by atoms with Gasteiger partial charge >= 0.3 is 0 Å². The third-order valence-corrected chi connectivity index (χ3v) is 5.90. The van der Waals surface area contributed by atoms with Gasteiger partial charge in [0.2, 0.25) is 10.0 Å². The minimum Gasteiger partial charge on any atom is -0.381 e. The molecule has 0 aromatic carbocycles. The maximum atomic E-state index is 12.6. The van der Waals surface area contributed by atoms with Crippen LogP contribution in [0.1, 0.15) is 44.7 Å². The number of sulfonamides is 1. The highest BCUT2D eigenvalue weighted by atomic mass is 32.2. The molecular weight excluding hydrogens is 276 g/mol.